The number of carbonyl (C=O) groups excluding carboxylic acids is 1. The minimum absolute atomic E-state index is 0.0408. The number of carbonyl (C=O) groups is 1. The van der Waals surface area contributed by atoms with E-state index in [1.165, 1.54) is 6.20 Å². The summed E-state index contributed by atoms with van der Waals surface area (Å²) in [6, 6.07) is 0. The van der Waals surface area contributed by atoms with Crippen LogP contribution < -0.4 is 11.1 Å². The fraction of sp³-hybridized carbons (Fsp3) is 0.600. The summed E-state index contributed by atoms with van der Waals surface area (Å²) in [6.45, 7) is 0. The number of rotatable bonds is 3. The van der Waals surface area contributed by atoms with Gasteiger partial charge in [0.15, 0.2) is 11.5 Å². The standard InChI is InChI=1S/C10H16N6O2/c11-9(15-18)10(4-2-1-3-5-10)13-8(17)7-6-12-16-14-7/h6,18H,1-5H2,(H2,11,15)(H,13,17)(H,12,14,16). The third kappa shape index (κ3) is 2.27. The summed E-state index contributed by atoms with van der Waals surface area (Å²) in [4.78, 5) is 12.0. The molecule has 0 spiro atoms. The molecular formula is C10H16N6O2. The van der Waals surface area contributed by atoms with Gasteiger partial charge in [0.05, 0.1) is 6.20 Å². The number of hydrogen-bond acceptors (Lipinski definition) is 5. The predicted octanol–water partition coefficient (Wildman–Crippen LogP) is -0.0162. The zero-order valence-electron chi connectivity index (χ0n) is 9.89. The van der Waals surface area contributed by atoms with Crippen molar-refractivity contribution < 1.29 is 10.0 Å². The van der Waals surface area contributed by atoms with Crippen LogP contribution in [0.3, 0.4) is 0 Å². The lowest BCUT2D eigenvalue weighted by Crippen LogP contribution is -2.58. The number of aromatic amines is 1. The van der Waals surface area contributed by atoms with E-state index in [0.717, 1.165) is 19.3 Å². The summed E-state index contributed by atoms with van der Waals surface area (Å²) in [5, 5.41) is 24.4. The largest absolute Gasteiger partial charge is 0.409 e. The van der Waals surface area contributed by atoms with E-state index in [1.54, 1.807) is 0 Å². The molecule has 1 aliphatic rings. The summed E-state index contributed by atoms with van der Waals surface area (Å²) >= 11 is 0. The van der Waals surface area contributed by atoms with Crippen LogP contribution in [0.4, 0.5) is 0 Å². The SMILES string of the molecule is NC(=NO)C1(NC(=O)c2cn[nH]n2)CCCCC1. The molecule has 0 saturated heterocycles. The van der Waals surface area contributed by atoms with Crippen LogP contribution in [0.15, 0.2) is 11.4 Å². The molecule has 1 aromatic heterocycles. The maximum absolute atomic E-state index is 12.0. The van der Waals surface area contributed by atoms with Gasteiger partial charge in [0.1, 0.15) is 5.54 Å². The van der Waals surface area contributed by atoms with E-state index in [2.05, 4.69) is 25.9 Å². The Labute approximate surface area is 104 Å². The molecule has 1 amide bonds. The van der Waals surface area contributed by atoms with Crippen LogP contribution in [-0.4, -0.2) is 37.9 Å². The van der Waals surface area contributed by atoms with E-state index in [4.69, 9.17) is 10.9 Å². The molecule has 0 bridgehead atoms. The number of amidine groups is 1. The van der Waals surface area contributed by atoms with Gasteiger partial charge in [-0.15, -0.1) is 0 Å². The molecule has 1 aromatic rings. The number of nitrogens with one attached hydrogen (secondary N) is 2. The van der Waals surface area contributed by atoms with Crippen LogP contribution in [0.1, 0.15) is 42.6 Å². The van der Waals surface area contributed by atoms with Crippen molar-refractivity contribution in [2.24, 2.45) is 10.9 Å². The van der Waals surface area contributed by atoms with Gasteiger partial charge in [-0.2, -0.15) is 15.4 Å². The first kappa shape index (κ1) is 12.3. The highest BCUT2D eigenvalue weighted by Crippen LogP contribution is 2.28. The van der Waals surface area contributed by atoms with Crippen molar-refractivity contribution in [2.75, 3.05) is 0 Å². The fourth-order valence-corrected chi connectivity index (χ4v) is 2.29. The molecular weight excluding hydrogens is 236 g/mol. The van der Waals surface area contributed by atoms with Crippen LogP contribution in [0.5, 0.6) is 0 Å². The molecule has 0 aromatic carbocycles. The van der Waals surface area contributed by atoms with Crippen molar-refractivity contribution in [1.82, 2.24) is 20.7 Å². The number of amides is 1. The highest BCUT2D eigenvalue weighted by molar-refractivity contribution is 5.99. The Balaban J connectivity index is 2.18. The molecule has 1 heterocycles. The lowest BCUT2D eigenvalue weighted by molar-refractivity contribution is 0.0900. The number of nitrogens with two attached hydrogens (primary N) is 1. The lowest BCUT2D eigenvalue weighted by atomic mass is 9.80. The molecule has 0 unspecified atom stereocenters. The number of hydrogen-bond donors (Lipinski definition) is 4. The molecule has 1 saturated carbocycles. The maximum atomic E-state index is 12.0. The Kier molecular flexibility index (Phi) is 3.45. The molecule has 0 atom stereocenters. The van der Waals surface area contributed by atoms with Gasteiger partial charge >= 0.3 is 0 Å². The quantitative estimate of drug-likeness (QED) is 0.260. The second-order valence-electron chi connectivity index (χ2n) is 4.44. The molecule has 0 radical (unpaired) electrons. The second-order valence-corrected chi connectivity index (χ2v) is 4.44. The number of oxime groups is 1. The molecule has 1 aliphatic carbocycles. The minimum Gasteiger partial charge on any atom is -0.409 e. The van der Waals surface area contributed by atoms with Crippen molar-refractivity contribution in [3.8, 4) is 0 Å². The summed E-state index contributed by atoms with van der Waals surface area (Å²) in [5.41, 5.74) is 5.14. The minimum atomic E-state index is -0.775. The van der Waals surface area contributed by atoms with Gasteiger partial charge in [-0.1, -0.05) is 24.4 Å². The van der Waals surface area contributed by atoms with Gasteiger partial charge in [0.25, 0.3) is 5.91 Å². The van der Waals surface area contributed by atoms with E-state index in [-0.39, 0.29) is 17.4 Å². The van der Waals surface area contributed by atoms with Crippen LogP contribution >= 0.6 is 0 Å². The molecule has 5 N–H and O–H groups in total. The van der Waals surface area contributed by atoms with E-state index < -0.39 is 5.54 Å². The van der Waals surface area contributed by atoms with E-state index in [0.29, 0.717) is 12.8 Å². The van der Waals surface area contributed by atoms with Crippen LogP contribution in [0.25, 0.3) is 0 Å². The van der Waals surface area contributed by atoms with Crippen LogP contribution in [-0.2, 0) is 0 Å². The molecule has 8 heteroatoms. The Bertz CT molecular complexity index is 435. The van der Waals surface area contributed by atoms with Gasteiger partial charge in [-0.25, -0.2) is 0 Å². The molecule has 8 nitrogen and oxygen atoms in total. The molecule has 2 rings (SSSR count). The molecule has 98 valence electrons. The number of nitrogens with zero attached hydrogens (tertiary/aromatic N) is 3. The van der Waals surface area contributed by atoms with Gasteiger partial charge < -0.3 is 16.3 Å². The monoisotopic (exact) mass is 252 g/mol. The normalized spacial score (nSPS) is 19.4. The van der Waals surface area contributed by atoms with Crippen LogP contribution in [0.2, 0.25) is 0 Å². The van der Waals surface area contributed by atoms with E-state index in [1.807, 2.05) is 0 Å². The third-order valence-corrected chi connectivity index (χ3v) is 3.31. The Hall–Kier alpha value is -2.12. The number of H-pyrrole nitrogens is 1. The average molecular weight is 252 g/mol. The zero-order chi connectivity index (χ0) is 13.0. The summed E-state index contributed by atoms with van der Waals surface area (Å²) in [7, 11) is 0. The van der Waals surface area contributed by atoms with Crippen molar-refractivity contribution in [1.29, 1.82) is 0 Å². The van der Waals surface area contributed by atoms with Crippen molar-refractivity contribution in [2.45, 2.75) is 37.6 Å². The Morgan fingerprint density at radius 2 is 2.22 bits per heavy atom. The number of aromatic nitrogens is 3. The smallest absolute Gasteiger partial charge is 0.274 e. The summed E-state index contributed by atoms with van der Waals surface area (Å²) in [5.74, 6) is -0.337. The highest BCUT2D eigenvalue weighted by atomic mass is 16.4. The first-order valence-corrected chi connectivity index (χ1v) is 5.84. The zero-order valence-corrected chi connectivity index (χ0v) is 9.89. The van der Waals surface area contributed by atoms with E-state index in [9.17, 15) is 4.79 Å². The van der Waals surface area contributed by atoms with Crippen LogP contribution in [0, 0.1) is 0 Å². The third-order valence-electron chi connectivity index (χ3n) is 3.31. The Morgan fingerprint density at radius 3 is 2.78 bits per heavy atom. The average Bonchev–Trinajstić information content (AvgIpc) is 2.93. The van der Waals surface area contributed by atoms with Crippen molar-refractivity contribution in [3.63, 3.8) is 0 Å². The van der Waals surface area contributed by atoms with E-state index >= 15 is 0 Å². The fourth-order valence-electron chi connectivity index (χ4n) is 2.29. The highest BCUT2D eigenvalue weighted by Gasteiger charge is 2.38. The second kappa shape index (κ2) is 5.03. The van der Waals surface area contributed by atoms with Gasteiger partial charge in [0, 0.05) is 0 Å². The first-order valence-electron chi connectivity index (χ1n) is 5.84. The molecule has 1 fully saturated rings. The topological polar surface area (TPSA) is 129 Å². The maximum Gasteiger partial charge on any atom is 0.274 e. The molecule has 0 aliphatic heterocycles. The summed E-state index contributed by atoms with van der Waals surface area (Å²) < 4.78 is 0. The lowest BCUT2D eigenvalue weighted by Gasteiger charge is -2.36. The van der Waals surface area contributed by atoms with Crippen molar-refractivity contribution in [3.05, 3.63) is 11.9 Å². The van der Waals surface area contributed by atoms with Gasteiger partial charge in [-0.05, 0) is 12.8 Å². The summed E-state index contributed by atoms with van der Waals surface area (Å²) in [6.07, 6.45) is 5.59. The van der Waals surface area contributed by atoms with Gasteiger partial charge in [-0.3, -0.25) is 4.79 Å². The van der Waals surface area contributed by atoms with Gasteiger partial charge in [0.2, 0.25) is 0 Å². The first-order chi connectivity index (χ1) is 8.68. The Morgan fingerprint density at radius 1 is 1.50 bits per heavy atom. The predicted molar refractivity (Wildman–Crippen MR) is 63.1 cm³/mol. The van der Waals surface area contributed by atoms with Crippen molar-refractivity contribution >= 4 is 11.7 Å². The molecule has 18 heavy (non-hydrogen) atoms.